The fraction of sp³-hybridized carbons (Fsp3) is 0.308. The van der Waals surface area contributed by atoms with Gasteiger partial charge in [-0.1, -0.05) is 0 Å². The molecule has 1 aliphatic heterocycles. The van der Waals surface area contributed by atoms with Gasteiger partial charge >= 0.3 is 0 Å². The quantitative estimate of drug-likeness (QED) is 0.895. The highest BCUT2D eigenvalue weighted by molar-refractivity contribution is 7.11. The second kappa shape index (κ2) is 5.46. The molecule has 0 bridgehead atoms. The first-order chi connectivity index (χ1) is 9.74. The van der Waals surface area contributed by atoms with Gasteiger partial charge in [0.05, 0.1) is 23.6 Å². The van der Waals surface area contributed by atoms with E-state index in [1.807, 2.05) is 11.0 Å². The van der Waals surface area contributed by atoms with Gasteiger partial charge in [-0.2, -0.15) is 0 Å². The Bertz CT molecular complexity index is 575. The Kier molecular flexibility index (Phi) is 3.51. The molecule has 0 unspecified atom stereocenters. The molecule has 0 spiro atoms. The third-order valence-electron chi connectivity index (χ3n) is 3.35. The van der Waals surface area contributed by atoms with Gasteiger partial charge in [0.15, 0.2) is 0 Å². The molecule has 2 N–H and O–H groups in total. The van der Waals surface area contributed by atoms with E-state index in [0.29, 0.717) is 23.8 Å². The van der Waals surface area contributed by atoms with Gasteiger partial charge in [-0.3, -0.25) is 9.78 Å². The molecular weight excluding hydrogens is 274 g/mol. The van der Waals surface area contributed by atoms with E-state index in [1.54, 1.807) is 24.0 Å². The number of aromatic nitrogens is 2. The Morgan fingerprint density at radius 2 is 2.00 bits per heavy atom. The van der Waals surface area contributed by atoms with E-state index in [1.165, 1.54) is 11.3 Å². The summed E-state index contributed by atoms with van der Waals surface area (Å²) in [5.74, 6) is 0.593. The average Bonchev–Trinajstić information content (AvgIpc) is 3.02. The van der Waals surface area contributed by atoms with Crippen molar-refractivity contribution in [2.24, 2.45) is 0 Å². The predicted octanol–water partition coefficient (Wildman–Crippen LogP) is 1.08. The molecule has 2 aromatic rings. The summed E-state index contributed by atoms with van der Waals surface area (Å²) in [7, 11) is 0. The summed E-state index contributed by atoms with van der Waals surface area (Å²) < 4.78 is 0. The van der Waals surface area contributed by atoms with Crippen molar-refractivity contribution in [3.05, 3.63) is 34.9 Å². The van der Waals surface area contributed by atoms with Gasteiger partial charge in [0.25, 0.3) is 5.91 Å². The Morgan fingerprint density at radius 1 is 1.20 bits per heavy atom. The number of nitrogens with two attached hydrogens (primary N) is 1. The van der Waals surface area contributed by atoms with Crippen LogP contribution in [-0.4, -0.2) is 47.0 Å². The number of nitrogens with zero attached hydrogens (tertiary/aromatic N) is 4. The number of piperazine rings is 1. The second-order valence-corrected chi connectivity index (χ2v) is 5.47. The van der Waals surface area contributed by atoms with E-state index < -0.39 is 0 Å². The molecule has 104 valence electrons. The van der Waals surface area contributed by atoms with Gasteiger partial charge in [0, 0.05) is 26.2 Å². The summed E-state index contributed by atoms with van der Waals surface area (Å²) >= 11 is 1.38. The van der Waals surface area contributed by atoms with Crippen molar-refractivity contribution in [3.63, 3.8) is 0 Å². The highest BCUT2D eigenvalue weighted by Gasteiger charge is 2.23. The number of thiazole rings is 1. The van der Waals surface area contributed by atoms with E-state index in [4.69, 9.17) is 5.73 Å². The number of hydrogen-bond acceptors (Lipinski definition) is 6. The van der Waals surface area contributed by atoms with E-state index >= 15 is 0 Å². The van der Waals surface area contributed by atoms with Crippen LogP contribution in [0.1, 0.15) is 9.67 Å². The van der Waals surface area contributed by atoms with Crippen LogP contribution in [0.25, 0.3) is 0 Å². The number of hydrogen-bond donors (Lipinski definition) is 1. The number of carbonyl (C=O) groups is 1. The summed E-state index contributed by atoms with van der Waals surface area (Å²) in [6.07, 6.45) is 3.40. The molecule has 2 aromatic heterocycles. The predicted molar refractivity (Wildman–Crippen MR) is 78.9 cm³/mol. The van der Waals surface area contributed by atoms with E-state index in [2.05, 4.69) is 14.9 Å². The summed E-state index contributed by atoms with van der Waals surface area (Å²) in [5.41, 5.74) is 8.31. The molecule has 3 heterocycles. The Morgan fingerprint density at radius 3 is 2.60 bits per heavy atom. The monoisotopic (exact) mass is 289 g/mol. The lowest BCUT2D eigenvalue weighted by Gasteiger charge is -2.35. The molecule has 0 aromatic carbocycles. The van der Waals surface area contributed by atoms with Crippen LogP contribution in [0.3, 0.4) is 0 Å². The average molecular weight is 289 g/mol. The number of amides is 1. The molecular formula is C13H15N5OS. The first-order valence-electron chi connectivity index (χ1n) is 6.38. The molecule has 1 saturated heterocycles. The van der Waals surface area contributed by atoms with Crippen LogP contribution in [0, 0.1) is 0 Å². The van der Waals surface area contributed by atoms with E-state index in [0.717, 1.165) is 18.8 Å². The maximum atomic E-state index is 12.2. The third-order valence-corrected chi connectivity index (χ3v) is 4.11. The molecule has 7 heteroatoms. The van der Waals surface area contributed by atoms with Gasteiger partial charge < -0.3 is 15.5 Å². The first kappa shape index (κ1) is 12.9. The zero-order valence-corrected chi connectivity index (χ0v) is 11.7. The zero-order valence-electron chi connectivity index (χ0n) is 10.9. The van der Waals surface area contributed by atoms with Crippen molar-refractivity contribution in [2.45, 2.75) is 0 Å². The van der Waals surface area contributed by atoms with Gasteiger partial charge in [-0.15, -0.1) is 11.3 Å². The van der Waals surface area contributed by atoms with Crippen LogP contribution in [0.4, 0.5) is 11.5 Å². The minimum atomic E-state index is 0.0718. The maximum absolute atomic E-state index is 12.2. The molecule has 0 aliphatic carbocycles. The minimum Gasteiger partial charge on any atom is -0.384 e. The molecule has 0 atom stereocenters. The zero-order chi connectivity index (χ0) is 13.9. The summed E-state index contributed by atoms with van der Waals surface area (Å²) in [6, 6.07) is 3.76. The normalized spacial score (nSPS) is 15.4. The molecule has 1 aliphatic rings. The second-order valence-electron chi connectivity index (χ2n) is 4.59. The van der Waals surface area contributed by atoms with Crippen LogP contribution in [0.15, 0.2) is 30.0 Å². The van der Waals surface area contributed by atoms with Crippen LogP contribution >= 0.6 is 11.3 Å². The molecule has 0 saturated carbocycles. The van der Waals surface area contributed by atoms with Gasteiger partial charge in [0.2, 0.25) is 0 Å². The minimum absolute atomic E-state index is 0.0718. The van der Waals surface area contributed by atoms with Gasteiger partial charge in [-0.05, 0) is 12.1 Å². The number of rotatable bonds is 2. The van der Waals surface area contributed by atoms with Gasteiger partial charge in [0.1, 0.15) is 10.7 Å². The SMILES string of the molecule is Nc1ccc(N2CCN(C(=O)c3cncs3)CC2)cn1. The number of carbonyl (C=O) groups excluding carboxylic acids is 1. The third kappa shape index (κ3) is 2.57. The number of pyridine rings is 1. The highest BCUT2D eigenvalue weighted by Crippen LogP contribution is 2.18. The summed E-state index contributed by atoms with van der Waals surface area (Å²) in [4.78, 5) is 25.0. The molecule has 1 fully saturated rings. The van der Waals surface area contributed by atoms with Crippen LogP contribution in [0.5, 0.6) is 0 Å². The van der Waals surface area contributed by atoms with Crippen molar-refractivity contribution in [1.82, 2.24) is 14.9 Å². The first-order valence-corrected chi connectivity index (χ1v) is 7.26. The van der Waals surface area contributed by atoms with Crippen molar-refractivity contribution >= 4 is 28.7 Å². The number of nitrogen functional groups attached to an aromatic ring is 1. The van der Waals surface area contributed by atoms with Crippen LogP contribution in [0.2, 0.25) is 0 Å². The Hall–Kier alpha value is -2.15. The topological polar surface area (TPSA) is 75.3 Å². The largest absolute Gasteiger partial charge is 0.384 e. The van der Waals surface area contributed by atoms with Crippen molar-refractivity contribution in [1.29, 1.82) is 0 Å². The van der Waals surface area contributed by atoms with E-state index in [-0.39, 0.29) is 5.91 Å². The van der Waals surface area contributed by atoms with Crippen molar-refractivity contribution in [2.75, 3.05) is 36.8 Å². The van der Waals surface area contributed by atoms with Crippen molar-refractivity contribution in [3.8, 4) is 0 Å². The lowest BCUT2D eigenvalue weighted by molar-refractivity contribution is 0.0751. The fourth-order valence-electron chi connectivity index (χ4n) is 2.23. The lowest BCUT2D eigenvalue weighted by Crippen LogP contribution is -2.48. The summed E-state index contributed by atoms with van der Waals surface area (Å²) in [6.45, 7) is 3.02. The Labute approximate surface area is 120 Å². The number of anilines is 2. The van der Waals surface area contributed by atoms with Crippen molar-refractivity contribution < 1.29 is 4.79 Å². The molecule has 20 heavy (non-hydrogen) atoms. The lowest BCUT2D eigenvalue weighted by atomic mass is 10.2. The standard InChI is InChI=1S/C13H15N5OS/c14-12-2-1-10(7-16-12)17-3-5-18(6-4-17)13(19)11-8-15-9-20-11/h1-2,7-9H,3-6H2,(H2,14,16). The van der Waals surface area contributed by atoms with Crippen LogP contribution < -0.4 is 10.6 Å². The molecule has 3 rings (SSSR count). The smallest absolute Gasteiger partial charge is 0.265 e. The molecule has 0 radical (unpaired) electrons. The highest BCUT2D eigenvalue weighted by atomic mass is 32.1. The molecule has 1 amide bonds. The van der Waals surface area contributed by atoms with E-state index in [9.17, 15) is 4.79 Å². The Balaban J connectivity index is 1.62. The van der Waals surface area contributed by atoms with Gasteiger partial charge in [-0.25, -0.2) is 4.98 Å². The fourth-order valence-corrected chi connectivity index (χ4v) is 2.82. The van der Waals surface area contributed by atoms with Crippen LogP contribution in [-0.2, 0) is 0 Å². The molecule has 6 nitrogen and oxygen atoms in total. The maximum Gasteiger partial charge on any atom is 0.265 e. The summed E-state index contributed by atoms with van der Waals surface area (Å²) in [5, 5.41) is 0.